The highest BCUT2D eigenvalue weighted by molar-refractivity contribution is 4.87. The van der Waals surface area contributed by atoms with Gasteiger partial charge in [0.1, 0.15) is 0 Å². The van der Waals surface area contributed by atoms with E-state index < -0.39 is 0 Å². The molecule has 144 valence electrons. The zero-order valence-electron chi connectivity index (χ0n) is 17.6. The second-order valence-corrected chi connectivity index (χ2v) is 10.4. The van der Waals surface area contributed by atoms with Crippen LogP contribution >= 0.6 is 0 Å². The molecular formula is C20H44N4. The number of piperidine rings is 2. The SMILES string of the molecule is C[C@@H]1C[C@H](N)CN(C(C)(C)C)C1.C[C@H]1C[C@@H](N)CN(C(C)(C)C)C1. The summed E-state index contributed by atoms with van der Waals surface area (Å²) < 4.78 is 0. The zero-order valence-corrected chi connectivity index (χ0v) is 17.6. The number of hydrogen-bond acceptors (Lipinski definition) is 4. The average Bonchev–Trinajstić information content (AvgIpc) is 2.35. The van der Waals surface area contributed by atoms with Crippen molar-refractivity contribution in [3.63, 3.8) is 0 Å². The van der Waals surface area contributed by atoms with E-state index in [2.05, 4.69) is 65.2 Å². The highest BCUT2D eigenvalue weighted by Gasteiger charge is 2.30. The van der Waals surface area contributed by atoms with E-state index in [0.717, 1.165) is 24.9 Å². The third-order valence-corrected chi connectivity index (χ3v) is 5.28. The van der Waals surface area contributed by atoms with E-state index in [1.807, 2.05) is 0 Å². The molecule has 0 radical (unpaired) electrons. The van der Waals surface area contributed by atoms with Crippen LogP contribution < -0.4 is 11.5 Å². The van der Waals surface area contributed by atoms with Crippen molar-refractivity contribution < 1.29 is 0 Å². The lowest BCUT2D eigenvalue weighted by molar-refractivity contribution is 0.0732. The van der Waals surface area contributed by atoms with Crippen molar-refractivity contribution in [3.8, 4) is 0 Å². The van der Waals surface area contributed by atoms with Crippen LogP contribution in [-0.4, -0.2) is 59.1 Å². The number of nitrogens with two attached hydrogens (primary N) is 2. The maximum atomic E-state index is 5.97. The van der Waals surface area contributed by atoms with E-state index in [-0.39, 0.29) is 11.1 Å². The molecule has 4 nitrogen and oxygen atoms in total. The molecule has 2 aliphatic rings. The Balaban J connectivity index is 0.000000240. The summed E-state index contributed by atoms with van der Waals surface area (Å²) in [5.41, 5.74) is 12.5. The summed E-state index contributed by atoms with van der Waals surface area (Å²) in [5, 5.41) is 0. The van der Waals surface area contributed by atoms with Crippen LogP contribution in [0.1, 0.15) is 68.2 Å². The summed E-state index contributed by atoms with van der Waals surface area (Å²) >= 11 is 0. The first-order chi connectivity index (χ1) is 10.8. The molecule has 4 N–H and O–H groups in total. The third kappa shape index (κ3) is 7.38. The predicted molar refractivity (Wildman–Crippen MR) is 106 cm³/mol. The van der Waals surface area contributed by atoms with Crippen LogP contribution in [0.25, 0.3) is 0 Å². The van der Waals surface area contributed by atoms with Gasteiger partial charge in [-0.25, -0.2) is 0 Å². The van der Waals surface area contributed by atoms with Crippen molar-refractivity contribution >= 4 is 0 Å². The lowest BCUT2D eigenvalue weighted by atomic mass is 9.92. The molecule has 2 heterocycles. The molecule has 0 spiro atoms. The topological polar surface area (TPSA) is 58.5 Å². The molecule has 2 rings (SSSR count). The molecule has 2 aliphatic heterocycles. The molecule has 2 saturated heterocycles. The Morgan fingerprint density at radius 2 is 0.917 bits per heavy atom. The van der Waals surface area contributed by atoms with Crippen molar-refractivity contribution in [1.29, 1.82) is 0 Å². The quantitative estimate of drug-likeness (QED) is 0.712. The number of rotatable bonds is 0. The van der Waals surface area contributed by atoms with Crippen molar-refractivity contribution in [2.75, 3.05) is 26.2 Å². The Morgan fingerprint density at radius 3 is 1.12 bits per heavy atom. The molecule has 24 heavy (non-hydrogen) atoms. The Hall–Kier alpha value is -0.160. The maximum absolute atomic E-state index is 5.97. The van der Waals surface area contributed by atoms with Crippen LogP contribution in [0, 0.1) is 11.8 Å². The zero-order chi connectivity index (χ0) is 18.7. The van der Waals surface area contributed by atoms with Gasteiger partial charge >= 0.3 is 0 Å². The van der Waals surface area contributed by atoms with Crippen molar-refractivity contribution in [2.24, 2.45) is 23.3 Å². The molecule has 0 aromatic heterocycles. The molecular weight excluding hydrogens is 296 g/mol. The van der Waals surface area contributed by atoms with Crippen LogP contribution in [0.4, 0.5) is 0 Å². The normalized spacial score (nSPS) is 33.8. The van der Waals surface area contributed by atoms with E-state index >= 15 is 0 Å². The van der Waals surface area contributed by atoms with Crippen molar-refractivity contribution in [2.45, 2.75) is 91.4 Å². The largest absolute Gasteiger partial charge is 0.327 e. The number of nitrogens with zero attached hydrogens (tertiary/aromatic N) is 2. The monoisotopic (exact) mass is 340 g/mol. The van der Waals surface area contributed by atoms with Gasteiger partial charge in [0.05, 0.1) is 0 Å². The summed E-state index contributed by atoms with van der Waals surface area (Å²) in [5.74, 6) is 1.51. The molecule has 4 heteroatoms. The van der Waals surface area contributed by atoms with Crippen molar-refractivity contribution in [3.05, 3.63) is 0 Å². The van der Waals surface area contributed by atoms with Crippen LogP contribution in [0.15, 0.2) is 0 Å². The second kappa shape index (κ2) is 8.48. The van der Waals surface area contributed by atoms with Gasteiger partial charge in [-0.15, -0.1) is 0 Å². The highest BCUT2D eigenvalue weighted by Crippen LogP contribution is 2.23. The van der Waals surface area contributed by atoms with E-state index in [4.69, 9.17) is 11.5 Å². The minimum atomic E-state index is 0.284. The summed E-state index contributed by atoms with van der Waals surface area (Å²) in [7, 11) is 0. The third-order valence-electron chi connectivity index (χ3n) is 5.28. The average molecular weight is 341 g/mol. The van der Waals surface area contributed by atoms with Gasteiger partial charge in [0, 0.05) is 49.3 Å². The van der Waals surface area contributed by atoms with Gasteiger partial charge in [-0.2, -0.15) is 0 Å². The van der Waals surface area contributed by atoms with Crippen LogP contribution in [0.5, 0.6) is 0 Å². The van der Waals surface area contributed by atoms with Crippen LogP contribution in [-0.2, 0) is 0 Å². The number of likely N-dealkylation sites (tertiary alicyclic amines) is 2. The summed E-state index contributed by atoms with van der Waals surface area (Å²) in [4.78, 5) is 4.98. The molecule has 0 aromatic carbocycles. The van der Waals surface area contributed by atoms with E-state index in [9.17, 15) is 0 Å². The molecule has 0 aromatic rings. The maximum Gasteiger partial charge on any atom is 0.0171 e. The van der Waals surface area contributed by atoms with E-state index in [0.29, 0.717) is 12.1 Å². The molecule has 0 bridgehead atoms. The van der Waals surface area contributed by atoms with Gasteiger partial charge in [-0.05, 0) is 66.2 Å². The molecule has 2 fully saturated rings. The first-order valence-corrected chi connectivity index (χ1v) is 9.80. The van der Waals surface area contributed by atoms with Gasteiger partial charge in [0.15, 0.2) is 0 Å². The van der Waals surface area contributed by atoms with Gasteiger partial charge in [0.2, 0.25) is 0 Å². The molecule has 0 saturated carbocycles. The molecule has 4 atom stereocenters. The van der Waals surface area contributed by atoms with Crippen LogP contribution in [0.3, 0.4) is 0 Å². The summed E-state index contributed by atoms with van der Waals surface area (Å²) in [6, 6.07) is 0.765. The standard InChI is InChI=1S/2C10H22N2/c2*1-8-5-9(11)7-12(6-8)10(2,3)4/h2*8-9H,5-7,11H2,1-4H3/t2*8-,9+/m10/s1. The Bertz CT molecular complexity index is 313. The van der Waals surface area contributed by atoms with Crippen molar-refractivity contribution in [1.82, 2.24) is 9.80 Å². The fraction of sp³-hybridized carbons (Fsp3) is 1.00. The lowest BCUT2D eigenvalue weighted by Crippen LogP contribution is -2.53. The smallest absolute Gasteiger partial charge is 0.0171 e. The lowest BCUT2D eigenvalue weighted by Gasteiger charge is -2.43. The van der Waals surface area contributed by atoms with E-state index in [1.165, 1.54) is 25.9 Å². The summed E-state index contributed by atoms with van der Waals surface area (Å²) in [6.07, 6.45) is 2.37. The first-order valence-electron chi connectivity index (χ1n) is 9.80. The first kappa shape index (κ1) is 21.9. The second-order valence-electron chi connectivity index (χ2n) is 10.4. The number of hydrogen-bond donors (Lipinski definition) is 2. The molecule has 0 aliphatic carbocycles. The van der Waals surface area contributed by atoms with Crippen LogP contribution in [0.2, 0.25) is 0 Å². The fourth-order valence-electron chi connectivity index (χ4n) is 3.89. The molecule has 0 amide bonds. The van der Waals surface area contributed by atoms with Gasteiger partial charge in [0.25, 0.3) is 0 Å². The fourth-order valence-corrected chi connectivity index (χ4v) is 3.89. The highest BCUT2D eigenvalue weighted by atomic mass is 15.2. The molecule has 0 unspecified atom stereocenters. The Kier molecular flexibility index (Phi) is 7.73. The Morgan fingerprint density at radius 1 is 0.625 bits per heavy atom. The van der Waals surface area contributed by atoms with Gasteiger partial charge < -0.3 is 11.5 Å². The summed E-state index contributed by atoms with van der Waals surface area (Å²) in [6.45, 7) is 22.7. The minimum Gasteiger partial charge on any atom is -0.327 e. The minimum absolute atomic E-state index is 0.284. The van der Waals surface area contributed by atoms with Gasteiger partial charge in [-0.3, -0.25) is 9.80 Å². The predicted octanol–water partition coefficient (Wildman–Crippen LogP) is 2.91. The van der Waals surface area contributed by atoms with E-state index in [1.54, 1.807) is 0 Å². The van der Waals surface area contributed by atoms with Gasteiger partial charge in [-0.1, -0.05) is 13.8 Å². The Labute approximate surface area is 151 Å².